The summed E-state index contributed by atoms with van der Waals surface area (Å²) in [6.07, 6.45) is 0.278. The van der Waals surface area contributed by atoms with Gasteiger partial charge in [0.25, 0.3) is 0 Å². The molecule has 0 saturated carbocycles. The van der Waals surface area contributed by atoms with Crippen molar-refractivity contribution in [3.05, 3.63) is 47.6 Å². The van der Waals surface area contributed by atoms with Crippen molar-refractivity contribution in [2.24, 2.45) is 0 Å². The Kier molecular flexibility index (Phi) is 6.29. The maximum Gasteiger partial charge on any atom is 0.328 e. The summed E-state index contributed by atoms with van der Waals surface area (Å²) < 4.78 is 15.7. The Balaban J connectivity index is 1.41. The number of nitrogens with one attached hydrogen (secondary N) is 2. The van der Waals surface area contributed by atoms with Crippen molar-refractivity contribution in [1.82, 2.24) is 14.3 Å². The Morgan fingerprint density at radius 3 is 2.77 bits per heavy atom. The third-order valence-electron chi connectivity index (χ3n) is 5.35. The van der Waals surface area contributed by atoms with E-state index in [0.29, 0.717) is 51.6 Å². The molecule has 1 aliphatic heterocycles. The third kappa shape index (κ3) is 4.65. The number of aliphatic hydroxyl groups is 1. The van der Waals surface area contributed by atoms with Crippen molar-refractivity contribution in [3.8, 4) is 22.6 Å². The van der Waals surface area contributed by atoms with Gasteiger partial charge < -0.3 is 30.3 Å². The van der Waals surface area contributed by atoms with Gasteiger partial charge in [-0.25, -0.2) is 14.8 Å². The summed E-state index contributed by atoms with van der Waals surface area (Å²) in [5, 5.41) is 25.3. The Hall–Kier alpha value is -3.67. The molecule has 2 aromatic carbocycles. The fourth-order valence-electron chi connectivity index (χ4n) is 3.62. The topological polar surface area (TPSA) is 139 Å². The SMILES string of the molecule is CC(O)C(Nc1cnc2c(Nc3cccc(-c4ccc5c(c4)OCCO5)c3Cl)nsc2n1)C(=O)O. The highest BCUT2D eigenvalue weighted by Crippen LogP contribution is 2.40. The lowest BCUT2D eigenvalue weighted by Crippen LogP contribution is -2.39. The predicted molar refractivity (Wildman–Crippen MR) is 133 cm³/mol. The number of aliphatic carboxylic acids is 1. The van der Waals surface area contributed by atoms with Crippen LogP contribution in [0.3, 0.4) is 0 Å². The number of carboxylic acid groups (broad SMARTS) is 1. The van der Waals surface area contributed by atoms with E-state index in [2.05, 4.69) is 25.0 Å². The van der Waals surface area contributed by atoms with Gasteiger partial charge in [-0.2, -0.15) is 4.37 Å². The summed E-state index contributed by atoms with van der Waals surface area (Å²) in [5.41, 5.74) is 2.83. The molecule has 0 spiro atoms. The number of hydrogen-bond donors (Lipinski definition) is 4. The molecule has 180 valence electrons. The second-order valence-corrected chi connectivity index (χ2v) is 8.92. The van der Waals surface area contributed by atoms with E-state index in [9.17, 15) is 15.0 Å². The molecule has 4 aromatic rings. The number of aliphatic hydroxyl groups excluding tert-OH is 1. The van der Waals surface area contributed by atoms with Crippen molar-refractivity contribution >= 4 is 56.8 Å². The van der Waals surface area contributed by atoms with E-state index in [4.69, 9.17) is 21.1 Å². The molecule has 12 heteroatoms. The maximum atomic E-state index is 11.3. The quantitative estimate of drug-likeness (QED) is 0.285. The molecule has 4 N–H and O–H groups in total. The van der Waals surface area contributed by atoms with Gasteiger partial charge >= 0.3 is 5.97 Å². The zero-order valence-corrected chi connectivity index (χ0v) is 19.9. The highest BCUT2D eigenvalue weighted by Gasteiger charge is 2.24. The molecular weight excluding hydrogens is 494 g/mol. The van der Waals surface area contributed by atoms with Crippen LogP contribution in [0.15, 0.2) is 42.6 Å². The van der Waals surface area contributed by atoms with Crippen LogP contribution in [-0.2, 0) is 4.79 Å². The molecule has 2 aromatic heterocycles. The van der Waals surface area contributed by atoms with Gasteiger partial charge in [-0.05, 0) is 42.2 Å². The second kappa shape index (κ2) is 9.53. The van der Waals surface area contributed by atoms with Crippen molar-refractivity contribution in [3.63, 3.8) is 0 Å². The number of carboxylic acids is 1. The average molecular weight is 514 g/mol. The molecule has 35 heavy (non-hydrogen) atoms. The fraction of sp³-hybridized carbons (Fsp3) is 0.217. The standard InChI is InChI=1S/C23H20ClN5O5S/c1-11(30)19(23(31)32)27-17-10-25-20-21(29-35-22(20)28-17)26-14-4-2-3-13(18(14)24)12-5-6-15-16(9-12)34-8-7-33-15/h2-6,9-11,19,30H,7-8H2,1H3,(H,26,29)(H,27,28)(H,31,32). The third-order valence-corrected chi connectivity index (χ3v) is 6.48. The van der Waals surface area contributed by atoms with Gasteiger partial charge in [-0.1, -0.05) is 29.8 Å². The van der Waals surface area contributed by atoms with E-state index < -0.39 is 18.1 Å². The second-order valence-electron chi connectivity index (χ2n) is 7.79. The van der Waals surface area contributed by atoms with Gasteiger partial charge in [0.15, 0.2) is 28.2 Å². The largest absolute Gasteiger partial charge is 0.486 e. The highest BCUT2D eigenvalue weighted by atomic mass is 35.5. The van der Waals surface area contributed by atoms with Crippen molar-refractivity contribution in [2.75, 3.05) is 23.8 Å². The normalized spacial score (nSPS) is 14.4. The van der Waals surface area contributed by atoms with Gasteiger partial charge in [-0.3, -0.25) is 0 Å². The molecule has 2 unspecified atom stereocenters. The fourth-order valence-corrected chi connectivity index (χ4v) is 4.59. The number of halogens is 1. The van der Waals surface area contributed by atoms with Crippen LogP contribution in [0.4, 0.5) is 17.3 Å². The van der Waals surface area contributed by atoms with Crippen LogP contribution >= 0.6 is 23.1 Å². The van der Waals surface area contributed by atoms with E-state index in [0.717, 1.165) is 22.7 Å². The summed E-state index contributed by atoms with van der Waals surface area (Å²) >= 11 is 7.86. The van der Waals surface area contributed by atoms with Crippen LogP contribution in [0, 0.1) is 0 Å². The summed E-state index contributed by atoms with van der Waals surface area (Å²) in [7, 11) is 0. The van der Waals surface area contributed by atoms with Crippen LogP contribution in [0.25, 0.3) is 21.5 Å². The highest BCUT2D eigenvalue weighted by molar-refractivity contribution is 7.13. The van der Waals surface area contributed by atoms with E-state index >= 15 is 0 Å². The van der Waals surface area contributed by atoms with Crippen LogP contribution in [0.1, 0.15) is 6.92 Å². The number of nitrogens with zero attached hydrogens (tertiary/aromatic N) is 3. The summed E-state index contributed by atoms with van der Waals surface area (Å²) in [6.45, 7) is 2.40. The molecular formula is C23H20ClN5O5S. The van der Waals surface area contributed by atoms with Crippen molar-refractivity contribution in [1.29, 1.82) is 0 Å². The monoisotopic (exact) mass is 513 g/mol. The van der Waals surface area contributed by atoms with Crippen LogP contribution in [0.5, 0.6) is 11.5 Å². The van der Waals surface area contributed by atoms with Crippen LogP contribution in [-0.4, -0.2) is 55.9 Å². The minimum atomic E-state index is -1.21. The minimum Gasteiger partial charge on any atom is -0.486 e. The molecule has 1 aliphatic rings. The smallest absolute Gasteiger partial charge is 0.328 e. The predicted octanol–water partition coefficient (Wildman–Crippen LogP) is 4.17. The first-order valence-corrected chi connectivity index (χ1v) is 11.8. The van der Waals surface area contributed by atoms with E-state index in [-0.39, 0.29) is 5.82 Å². The first kappa shape index (κ1) is 23.1. The molecule has 0 fully saturated rings. The van der Waals surface area contributed by atoms with Gasteiger partial charge in [0, 0.05) is 5.56 Å². The summed E-state index contributed by atoms with van der Waals surface area (Å²) in [5.74, 6) is 0.875. The first-order chi connectivity index (χ1) is 16.9. The first-order valence-electron chi connectivity index (χ1n) is 10.7. The van der Waals surface area contributed by atoms with Crippen LogP contribution in [0.2, 0.25) is 5.02 Å². The van der Waals surface area contributed by atoms with Gasteiger partial charge in [-0.15, -0.1) is 0 Å². The van der Waals surface area contributed by atoms with Gasteiger partial charge in [0.1, 0.15) is 24.5 Å². The molecule has 0 radical (unpaired) electrons. The van der Waals surface area contributed by atoms with Crippen molar-refractivity contribution in [2.45, 2.75) is 19.1 Å². The molecule has 5 rings (SSSR count). The van der Waals surface area contributed by atoms with E-state index in [1.807, 2.05) is 36.4 Å². The average Bonchev–Trinajstić information content (AvgIpc) is 3.25. The number of fused-ring (bicyclic) bond motifs is 2. The lowest BCUT2D eigenvalue weighted by atomic mass is 10.0. The molecule has 0 bridgehead atoms. The zero-order chi connectivity index (χ0) is 24.5. The lowest BCUT2D eigenvalue weighted by Gasteiger charge is -2.19. The van der Waals surface area contributed by atoms with Crippen molar-refractivity contribution < 1.29 is 24.5 Å². The molecule has 0 amide bonds. The maximum absolute atomic E-state index is 11.3. The number of anilines is 3. The Morgan fingerprint density at radius 1 is 1.20 bits per heavy atom. The molecule has 0 aliphatic carbocycles. The minimum absolute atomic E-state index is 0.222. The Bertz CT molecular complexity index is 1410. The number of hydrogen-bond acceptors (Lipinski definition) is 10. The molecule has 10 nitrogen and oxygen atoms in total. The number of ether oxygens (including phenoxy) is 2. The van der Waals surface area contributed by atoms with Gasteiger partial charge in [0.05, 0.1) is 23.0 Å². The number of carbonyl (C=O) groups is 1. The van der Waals surface area contributed by atoms with Crippen LogP contribution < -0.4 is 20.1 Å². The number of aromatic nitrogens is 3. The number of benzene rings is 2. The summed E-state index contributed by atoms with van der Waals surface area (Å²) in [6, 6.07) is 10.1. The zero-order valence-electron chi connectivity index (χ0n) is 18.4. The van der Waals surface area contributed by atoms with E-state index in [1.54, 1.807) is 0 Å². The number of rotatable bonds is 7. The lowest BCUT2D eigenvalue weighted by molar-refractivity contribution is -0.140. The Labute approximate surface area is 208 Å². The van der Waals surface area contributed by atoms with E-state index in [1.165, 1.54) is 13.1 Å². The molecule has 0 saturated heterocycles. The van der Waals surface area contributed by atoms with Gasteiger partial charge in [0.2, 0.25) is 0 Å². The Morgan fingerprint density at radius 2 is 2.00 bits per heavy atom. The summed E-state index contributed by atoms with van der Waals surface area (Å²) in [4.78, 5) is 20.6. The molecule has 3 heterocycles. The molecule has 2 atom stereocenters.